The smallest absolute Gasteiger partial charge is 0.0472 e. The minimum atomic E-state index is 0.373. The van der Waals surface area contributed by atoms with Gasteiger partial charge in [-0.15, -0.1) is 0 Å². The standard InChI is InChI=1S/C15H27N3/c1-13(18(5)12-11-17(3)4)15(16-2)14-9-7-6-8-10-14/h6-10,13,15-16H,11-12H2,1-5H3. The van der Waals surface area contributed by atoms with E-state index in [0.717, 1.165) is 13.1 Å². The van der Waals surface area contributed by atoms with Crippen LogP contribution in [-0.4, -0.2) is 57.1 Å². The zero-order valence-electron chi connectivity index (χ0n) is 12.4. The second-order valence-electron chi connectivity index (χ2n) is 5.20. The number of nitrogens with one attached hydrogen (secondary N) is 1. The van der Waals surface area contributed by atoms with E-state index < -0.39 is 0 Å². The molecule has 0 heterocycles. The summed E-state index contributed by atoms with van der Waals surface area (Å²) in [5.74, 6) is 0. The van der Waals surface area contributed by atoms with Gasteiger partial charge in [0.2, 0.25) is 0 Å². The number of nitrogens with zero attached hydrogens (tertiary/aromatic N) is 2. The van der Waals surface area contributed by atoms with Crippen molar-refractivity contribution in [3.05, 3.63) is 35.9 Å². The van der Waals surface area contributed by atoms with E-state index in [1.165, 1.54) is 5.56 Å². The molecule has 2 atom stereocenters. The van der Waals surface area contributed by atoms with Crippen LogP contribution >= 0.6 is 0 Å². The van der Waals surface area contributed by atoms with Gasteiger partial charge in [0.25, 0.3) is 0 Å². The third-order valence-corrected chi connectivity index (χ3v) is 3.55. The second kappa shape index (κ2) is 7.52. The Hall–Kier alpha value is -0.900. The predicted octanol–water partition coefficient (Wildman–Crippen LogP) is 1.83. The van der Waals surface area contributed by atoms with Crippen LogP contribution in [0.2, 0.25) is 0 Å². The number of likely N-dealkylation sites (N-methyl/N-ethyl adjacent to an activating group) is 3. The van der Waals surface area contributed by atoms with Gasteiger partial charge in [0.1, 0.15) is 0 Å². The van der Waals surface area contributed by atoms with E-state index in [1.54, 1.807) is 0 Å². The molecule has 1 aromatic carbocycles. The summed E-state index contributed by atoms with van der Waals surface area (Å²) in [6, 6.07) is 11.5. The normalized spacial score (nSPS) is 15.1. The van der Waals surface area contributed by atoms with E-state index in [0.29, 0.717) is 12.1 Å². The molecule has 1 rings (SSSR count). The SMILES string of the molecule is CNC(c1ccccc1)C(C)N(C)CCN(C)C. The molecule has 3 heteroatoms. The van der Waals surface area contributed by atoms with Crippen molar-refractivity contribution in [1.29, 1.82) is 0 Å². The van der Waals surface area contributed by atoms with Crippen LogP contribution in [0.1, 0.15) is 18.5 Å². The summed E-state index contributed by atoms with van der Waals surface area (Å²) in [5, 5.41) is 3.43. The molecule has 0 fully saturated rings. The number of rotatable bonds is 7. The van der Waals surface area contributed by atoms with Crippen LogP contribution in [0.3, 0.4) is 0 Å². The van der Waals surface area contributed by atoms with Crippen LogP contribution in [0.4, 0.5) is 0 Å². The van der Waals surface area contributed by atoms with Crippen LogP contribution in [0, 0.1) is 0 Å². The molecule has 1 N–H and O–H groups in total. The van der Waals surface area contributed by atoms with E-state index in [9.17, 15) is 0 Å². The van der Waals surface area contributed by atoms with Gasteiger partial charge in [-0.25, -0.2) is 0 Å². The molecule has 1 aromatic rings. The van der Waals surface area contributed by atoms with E-state index in [2.05, 4.69) is 73.5 Å². The Morgan fingerprint density at radius 3 is 2.17 bits per heavy atom. The lowest BCUT2D eigenvalue weighted by Gasteiger charge is -2.32. The van der Waals surface area contributed by atoms with Gasteiger partial charge in [-0.2, -0.15) is 0 Å². The van der Waals surface area contributed by atoms with Crippen molar-refractivity contribution in [2.24, 2.45) is 0 Å². The molecular formula is C15H27N3. The fourth-order valence-corrected chi connectivity index (χ4v) is 2.16. The summed E-state index contributed by atoms with van der Waals surface area (Å²) >= 11 is 0. The first-order chi connectivity index (χ1) is 8.56. The summed E-state index contributed by atoms with van der Waals surface area (Å²) in [6.45, 7) is 4.45. The minimum absolute atomic E-state index is 0.373. The molecule has 0 aliphatic rings. The zero-order chi connectivity index (χ0) is 13.5. The molecule has 102 valence electrons. The molecular weight excluding hydrogens is 222 g/mol. The molecule has 0 bridgehead atoms. The molecule has 0 radical (unpaired) electrons. The molecule has 0 aliphatic carbocycles. The van der Waals surface area contributed by atoms with E-state index in [1.807, 2.05) is 7.05 Å². The minimum Gasteiger partial charge on any atom is -0.312 e. The van der Waals surface area contributed by atoms with Gasteiger partial charge in [-0.1, -0.05) is 30.3 Å². The van der Waals surface area contributed by atoms with Crippen molar-refractivity contribution in [1.82, 2.24) is 15.1 Å². The molecule has 3 nitrogen and oxygen atoms in total. The number of benzene rings is 1. The average molecular weight is 249 g/mol. The van der Waals surface area contributed by atoms with E-state index >= 15 is 0 Å². The maximum atomic E-state index is 3.43. The lowest BCUT2D eigenvalue weighted by molar-refractivity contribution is 0.193. The van der Waals surface area contributed by atoms with Crippen LogP contribution in [0.5, 0.6) is 0 Å². The lowest BCUT2D eigenvalue weighted by Crippen LogP contribution is -2.42. The Bertz CT molecular complexity index is 324. The predicted molar refractivity (Wildman–Crippen MR) is 78.9 cm³/mol. The quantitative estimate of drug-likeness (QED) is 0.795. The first-order valence-corrected chi connectivity index (χ1v) is 6.63. The Morgan fingerprint density at radius 1 is 1.06 bits per heavy atom. The maximum absolute atomic E-state index is 3.43. The van der Waals surface area contributed by atoms with E-state index in [-0.39, 0.29) is 0 Å². The fourth-order valence-electron chi connectivity index (χ4n) is 2.16. The van der Waals surface area contributed by atoms with Crippen LogP contribution < -0.4 is 5.32 Å². The molecule has 18 heavy (non-hydrogen) atoms. The third-order valence-electron chi connectivity index (χ3n) is 3.55. The monoisotopic (exact) mass is 249 g/mol. The van der Waals surface area contributed by atoms with Gasteiger partial charge in [0, 0.05) is 25.2 Å². The highest BCUT2D eigenvalue weighted by molar-refractivity contribution is 5.20. The van der Waals surface area contributed by atoms with Crippen molar-refractivity contribution in [2.45, 2.75) is 19.0 Å². The van der Waals surface area contributed by atoms with Gasteiger partial charge >= 0.3 is 0 Å². The van der Waals surface area contributed by atoms with Gasteiger partial charge in [-0.05, 0) is 40.7 Å². The molecule has 0 aliphatic heterocycles. The van der Waals surface area contributed by atoms with Crippen LogP contribution in [0.25, 0.3) is 0 Å². The summed E-state index contributed by atoms with van der Waals surface area (Å²) in [6.07, 6.45) is 0. The summed E-state index contributed by atoms with van der Waals surface area (Å²) < 4.78 is 0. The summed E-state index contributed by atoms with van der Waals surface area (Å²) in [7, 11) is 8.46. The highest BCUT2D eigenvalue weighted by atomic mass is 15.2. The average Bonchev–Trinajstić information content (AvgIpc) is 2.38. The van der Waals surface area contributed by atoms with Gasteiger partial charge in [0.05, 0.1) is 0 Å². The topological polar surface area (TPSA) is 18.5 Å². The molecule has 0 aromatic heterocycles. The Balaban J connectivity index is 2.64. The van der Waals surface area contributed by atoms with Gasteiger partial charge < -0.3 is 15.1 Å². The van der Waals surface area contributed by atoms with Gasteiger partial charge in [-0.3, -0.25) is 0 Å². The van der Waals surface area contributed by atoms with Crippen molar-refractivity contribution in [3.8, 4) is 0 Å². The van der Waals surface area contributed by atoms with Crippen molar-refractivity contribution < 1.29 is 0 Å². The van der Waals surface area contributed by atoms with Gasteiger partial charge in [0.15, 0.2) is 0 Å². The van der Waals surface area contributed by atoms with Crippen molar-refractivity contribution in [3.63, 3.8) is 0 Å². The lowest BCUT2D eigenvalue weighted by atomic mass is 10.00. The fraction of sp³-hybridized carbons (Fsp3) is 0.600. The number of hydrogen-bond acceptors (Lipinski definition) is 3. The summed E-state index contributed by atoms with van der Waals surface area (Å²) in [5.41, 5.74) is 1.35. The van der Waals surface area contributed by atoms with Crippen molar-refractivity contribution in [2.75, 3.05) is 41.3 Å². The third kappa shape index (κ3) is 4.41. The van der Waals surface area contributed by atoms with Crippen LogP contribution in [0.15, 0.2) is 30.3 Å². The first-order valence-electron chi connectivity index (χ1n) is 6.63. The Morgan fingerprint density at radius 2 is 1.67 bits per heavy atom. The second-order valence-corrected chi connectivity index (χ2v) is 5.20. The molecule has 2 unspecified atom stereocenters. The molecule has 0 spiro atoms. The largest absolute Gasteiger partial charge is 0.312 e. The Labute approximate surface area is 112 Å². The summed E-state index contributed by atoms with van der Waals surface area (Å²) in [4.78, 5) is 4.63. The highest BCUT2D eigenvalue weighted by Gasteiger charge is 2.20. The molecule has 0 amide bonds. The number of hydrogen-bond donors (Lipinski definition) is 1. The zero-order valence-corrected chi connectivity index (χ0v) is 12.4. The van der Waals surface area contributed by atoms with E-state index in [4.69, 9.17) is 0 Å². The molecule has 0 saturated heterocycles. The van der Waals surface area contributed by atoms with Crippen LogP contribution in [-0.2, 0) is 0 Å². The molecule has 0 saturated carbocycles. The highest BCUT2D eigenvalue weighted by Crippen LogP contribution is 2.19. The Kier molecular flexibility index (Phi) is 6.33. The van der Waals surface area contributed by atoms with Crippen molar-refractivity contribution >= 4 is 0 Å². The maximum Gasteiger partial charge on any atom is 0.0472 e. The first kappa shape index (κ1) is 15.2.